The van der Waals surface area contributed by atoms with Crippen molar-refractivity contribution in [2.24, 2.45) is 0 Å². The molecular weight excluding hydrogens is 325 g/mol. The van der Waals surface area contributed by atoms with Gasteiger partial charge in [-0.15, -0.1) is 0 Å². The molecule has 0 spiro atoms. The standard InChI is InChI=1S/C19H18FNO4/c20-16-6-2-5-15(12-16)19(7-9-25-10-8-19)21-17(22)13-3-1-4-14(11-13)18(23)24/h1-6,11-12H,7-10H2,(H,21,22)(H,23,24). The molecule has 1 heterocycles. The summed E-state index contributed by atoms with van der Waals surface area (Å²) >= 11 is 0. The van der Waals surface area contributed by atoms with E-state index in [0.717, 1.165) is 0 Å². The molecule has 1 aliphatic rings. The van der Waals surface area contributed by atoms with E-state index >= 15 is 0 Å². The average Bonchev–Trinajstić information content (AvgIpc) is 2.62. The van der Waals surface area contributed by atoms with Gasteiger partial charge in [-0.25, -0.2) is 9.18 Å². The van der Waals surface area contributed by atoms with E-state index < -0.39 is 17.4 Å². The van der Waals surface area contributed by atoms with E-state index in [1.165, 1.54) is 30.3 Å². The largest absolute Gasteiger partial charge is 0.478 e. The number of carbonyl (C=O) groups excluding carboxylic acids is 1. The molecule has 1 fully saturated rings. The molecule has 3 rings (SSSR count). The third kappa shape index (κ3) is 3.69. The Kier molecular flexibility index (Phi) is 4.81. The van der Waals surface area contributed by atoms with Gasteiger partial charge in [-0.1, -0.05) is 18.2 Å². The Labute approximate surface area is 144 Å². The number of carboxylic acid groups (broad SMARTS) is 1. The SMILES string of the molecule is O=C(O)c1cccc(C(=O)NC2(c3cccc(F)c3)CCOCC2)c1. The quantitative estimate of drug-likeness (QED) is 0.895. The average molecular weight is 343 g/mol. The Morgan fingerprint density at radius 1 is 1.04 bits per heavy atom. The molecule has 0 unspecified atom stereocenters. The van der Waals surface area contributed by atoms with Crippen LogP contribution in [0, 0.1) is 5.82 Å². The molecule has 0 aromatic heterocycles. The van der Waals surface area contributed by atoms with E-state index in [9.17, 15) is 14.0 Å². The maximum atomic E-state index is 13.7. The molecule has 5 nitrogen and oxygen atoms in total. The minimum atomic E-state index is -1.10. The van der Waals surface area contributed by atoms with Crippen LogP contribution < -0.4 is 5.32 Å². The van der Waals surface area contributed by atoms with Crippen molar-refractivity contribution in [3.8, 4) is 0 Å². The molecule has 0 radical (unpaired) electrons. The first kappa shape index (κ1) is 17.1. The van der Waals surface area contributed by atoms with Gasteiger partial charge in [-0.05, 0) is 48.7 Å². The zero-order valence-corrected chi connectivity index (χ0v) is 13.5. The number of carbonyl (C=O) groups is 2. The van der Waals surface area contributed by atoms with Gasteiger partial charge in [0, 0.05) is 18.8 Å². The number of halogens is 1. The van der Waals surface area contributed by atoms with Crippen molar-refractivity contribution in [1.29, 1.82) is 0 Å². The number of hydrogen-bond acceptors (Lipinski definition) is 3. The second-order valence-electron chi connectivity index (χ2n) is 6.04. The molecule has 1 amide bonds. The zero-order chi connectivity index (χ0) is 17.9. The third-order valence-electron chi connectivity index (χ3n) is 4.45. The van der Waals surface area contributed by atoms with Crippen molar-refractivity contribution >= 4 is 11.9 Å². The number of carboxylic acids is 1. The number of nitrogens with one attached hydrogen (secondary N) is 1. The van der Waals surface area contributed by atoms with Gasteiger partial charge in [-0.2, -0.15) is 0 Å². The van der Waals surface area contributed by atoms with Gasteiger partial charge in [0.2, 0.25) is 0 Å². The fourth-order valence-corrected chi connectivity index (χ4v) is 3.07. The van der Waals surface area contributed by atoms with Crippen LogP contribution >= 0.6 is 0 Å². The fraction of sp³-hybridized carbons (Fsp3) is 0.263. The number of ether oxygens (including phenoxy) is 1. The van der Waals surface area contributed by atoms with Crippen LogP contribution in [0.25, 0.3) is 0 Å². The first-order valence-corrected chi connectivity index (χ1v) is 8.00. The Hall–Kier alpha value is -2.73. The minimum absolute atomic E-state index is 0.0411. The van der Waals surface area contributed by atoms with Crippen molar-refractivity contribution < 1.29 is 23.8 Å². The highest BCUT2D eigenvalue weighted by atomic mass is 19.1. The fourth-order valence-electron chi connectivity index (χ4n) is 3.07. The van der Waals surface area contributed by atoms with Gasteiger partial charge in [0.05, 0.1) is 11.1 Å². The first-order valence-electron chi connectivity index (χ1n) is 8.00. The second kappa shape index (κ2) is 7.03. The van der Waals surface area contributed by atoms with Crippen LogP contribution in [-0.4, -0.2) is 30.2 Å². The van der Waals surface area contributed by atoms with Crippen LogP contribution in [0.4, 0.5) is 4.39 Å². The van der Waals surface area contributed by atoms with Crippen molar-refractivity contribution in [1.82, 2.24) is 5.32 Å². The summed E-state index contributed by atoms with van der Waals surface area (Å²) in [5.74, 6) is -1.86. The molecule has 2 aromatic carbocycles. The molecule has 25 heavy (non-hydrogen) atoms. The lowest BCUT2D eigenvalue weighted by Crippen LogP contribution is -2.49. The molecule has 0 bridgehead atoms. The van der Waals surface area contributed by atoms with Crippen LogP contribution in [0.15, 0.2) is 48.5 Å². The molecule has 130 valence electrons. The van der Waals surface area contributed by atoms with Crippen LogP contribution in [0.2, 0.25) is 0 Å². The van der Waals surface area contributed by atoms with E-state index in [1.54, 1.807) is 18.2 Å². The molecule has 2 aromatic rings. The molecule has 2 N–H and O–H groups in total. The van der Waals surface area contributed by atoms with Crippen molar-refractivity contribution in [3.63, 3.8) is 0 Å². The van der Waals surface area contributed by atoms with Crippen LogP contribution in [0.3, 0.4) is 0 Å². The zero-order valence-electron chi connectivity index (χ0n) is 13.5. The summed E-state index contributed by atoms with van der Waals surface area (Å²) in [5.41, 5.74) is 0.233. The van der Waals surface area contributed by atoms with Gasteiger partial charge in [-0.3, -0.25) is 4.79 Å². The number of aromatic carboxylic acids is 1. The Balaban J connectivity index is 1.92. The third-order valence-corrected chi connectivity index (χ3v) is 4.45. The molecule has 1 saturated heterocycles. The monoisotopic (exact) mass is 343 g/mol. The summed E-state index contributed by atoms with van der Waals surface area (Å²) in [7, 11) is 0. The molecule has 1 aliphatic heterocycles. The van der Waals surface area contributed by atoms with Gasteiger partial charge in [0.25, 0.3) is 5.91 Å². The highest BCUT2D eigenvalue weighted by Gasteiger charge is 2.36. The normalized spacial score (nSPS) is 16.2. The van der Waals surface area contributed by atoms with Gasteiger partial charge in [0.15, 0.2) is 0 Å². The predicted molar refractivity (Wildman–Crippen MR) is 89.0 cm³/mol. The lowest BCUT2D eigenvalue weighted by atomic mass is 9.82. The smallest absolute Gasteiger partial charge is 0.335 e. The number of amides is 1. The number of rotatable bonds is 4. The van der Waals surface area contributed by atoms with Gasteiger partial charge >= 0.3 is 5.97 Å². The molecule has 0 atom stereocenters. The van der Waals surface area contributed by atoms with E-state index in [2.05, 4.69) is 5.32 Å². The summed E-state index contributed by atoms with van der Waals surface area (Å²) in [4.78, 5) is 23.8. The lowest BCUT2D eigenvalue weighted by Gasteiger charge is -2.38. The summed E-state index contributed by atoms with van der Waals surface area (Å²) in [6.45, 7) is 0.901. The second-order valence-corrected chi connectivity index (χ2v) is 6.04. The van der Waals surface area contributed by atoms with Crippen LogP contribution in [0.5, 0.6) is 0 Å². The maximum absolute atomic E-state index is 13.7. The maximum Gasteiger partial charge on any atom is 0.335 e. The molecular formula is C19H18FNO4. The Bertz CT molecular complexity index is 800. The molecule has 6 heteroatoms. The Morgan fingerprint density at radius 2 is 1.72 bits per heavy atom. The number of benzene rings is 2. The summed E-state index contributed by atoms with van der Waals surface area (Å²) in [6.07, 6.45) is 1.03. The Morgan fingerprint density at radius 3 is 2.40 bits per heavy atom. The van der Waals surface area contributed by atoms with Crippen LogP contribution in [0.1, 0.15) is 39.1 Å². The van der Waals surface area contributed by atoms with Crippen molar-refractivity contribution in [2.75, 3.05) is 13.2 Å². The minimum Gasteiger partial charge on any atom is -0.478 e. The van der Waals surface area contributed by atoms with Gasteiger partial charge in [0.1, 0.15) is 5.82 Å². The van der Waals surface area contributed by atoms with Crippen molar-refractivity contribution in [3.05, 3.63) is 71.0 Å². The summed E-state index contributed by atoms with van der Waals surface area (Å²) < 4.78 is 19.1. The molecule has 0 aliphatic carbocycles. The van der Waals surface area contributed by atoms with E-state index in [0.29, 0.717) is 31.6 Å². The van der Waals surface area contributed by atoms with E-state index in [4.69, 9.17) is 9.84 Å². The van der Waals surface area contributed by atoms with E-state index in [1.807, 2.05) is 0 Å². The van der Waals surface area contributed by atoms with Crippen LogP contribution in [-0.2, 0) is 10.3 Å². The lowest BCUT2D eigenvalue weighted by molar-refractivity contribution is 0.0344. The molecule has 0 saturated carbocycles. The summed E-state index contributed by atoms with van der Waals surface area (Å²) in [6, 6.07) is 12.0. The van der Waals surface area contributed by atoms with Gasteiger partial charge < -0.3 is 15.2 Å². The summed E-state index contributed by atoms with van der Waals surface area (Å²) in [5, 5.41) is 12.1. The first-order chi connectivity index (χ1) is 12.0. The highest BCUT2D eigenvalue weighted by Crippen LogP contribution is 2.33. The topological polar surface area (TPSA) is 75.6 Å². The van der Waals surface area contributed by atoms with E-state index in [-0.39, 0.29) is 16.9 Å². The van der Waals surface area contributed by atoms with Crippen molar-refractivity contribution in [2.45, 2.75) is 18.4 Å². The highest BCUT2D eigenvalue weighted by molar-refractivity contribution is 5.97. The predicted octanol–water partition coefficient (Wildman–Crippen LogP) is 2.96. The number of hydrogen-bond donors (Lipinski definition) is 2.